The first-order valence-corrected chi connectivity index (χ1v) is 16.3. The molecule has 2 heterocycles. The molecule has 7 fully saturated rings. The molecule has 3 unspecified atom stereocenters. The first-order valence-electron chi connectivity index (χ1n) is 16.3. The molecular formula is C33H51NO4. The Bertz CT molecular complexity index is 999. The maximum Gasteiger partial charge on any atom is 0.0793 e. The summed E-state index contributed by atoms with van der Waals surface area (Å²) in [6.45, 7) is 12.3. The highest BCUT2D eigenvalue weighted by Gasteiger charge is 2.91. The van der Waals surface area contributed by atoms with Crippen molar-refractivity contribution in [1.82, 2.24) is 4.90 Å². The largest absolute Gasteiger partial charge is 0.393 e. The van der Waals surface area contributed by atoms with Crippen molar-refractivity contribution in [3.8, 4) is 0 Å². The minimum Gasteiger partial charge on any atom is -0.393 e. The second-order valence-electron chi connectivity index (χ2n) is 15.3. The van der Waals surface area contributed by atoms with Gasteiger partial charge < -0.3 is 19.3 Å². The van der Waals surface area contributed by atoms with Gasteiger partial charge in [0.2, 0.25) is 0 Å². The Morgan fingerprint density at radius 1 is 1.08 bits per heavy atom. The molecule has 12 atom stereocenters. The maximum absolute atomic E-state index is 10.4. The fourth-order valence-electron chi connectivity index (χ4n) is 12.7. The smallest absolute Gasteiger partial charge is 0.0793 e. The van der Waals surface area contributed by atoms with E-state index >= 15 is 0 Å². The highest BCUT2D eigenvalue weighted by Crippen LogP contribution is 2.93. The molecule has 5 heteroatoms. The van der Waals surface area contributed by atoms with Gasteiger partial charge in [-0.05, 0) is 106 Å². The summed E-state index contributed by atoms with van der Waals surface area (Å²) in [6, 6.07) is 0.607. The molecule has 38 heavy (non-hydrogen) atoms. The normalized spacial score (nSPS) is 55.8. The summed E-state index contributed by atoms with van der Waals surface area (Å²) in [5, 5.41) is 10.4. The summed E-state index contributed by atoms with van der Waals surface area (Å²) in [7, 11) is 0. The monoisotopic (exact) mass is 525 g/mol. The SMILES string of the molecule is CCOCCOCCN1C[C@@H](C)C[C@H]2OC34CC[C@H]5[C@@H]6CC=C7C[C@@H](O)CC[C@]7(C)[C@H]6CC56CC63C[C@@H]4[C@@H]21. The Hall–Kier alpha value is -0.460. The fraction of sp³-hybridized carbons (Fsp3) is 0.939. The van der Waals surface area contributed by atoms with Gasteiger partial charge in [-0.2, -0.15) is 0 Å². The topological polar surface area (TPSA) is 51.2 Å². The number of allylic oxidation sites excluding steroid dienone is 1. The van der Waals surface area contributed by atoms with E-state index in [4.69, 9.17) is 14.2 Å². The highest BCUT2D eigenvalue weighted by molar-refractivity contribution is 5.42. The van der Waals surface area contributed by atoms with E-state index in [0.29, 0.717) is 47.5 Å². The Morgan fingerprint density at radius 3 is 2.82 bits per heavy atom. The van der Waals surface area contributed by atoms with Gasteiger partial charge in [-0.15, -0.1) is 0 Å². The zero-order valence-corrected chi connectivity index (χ0v) is 24.1. The van der Waals surface area contributed by atoms with Gasteiger partial charge in [0.1, 0.15) is 0 Å². The first-order chi connectivity index (χ1) is 18.4. The first kappa shape index (κ1) is 25.3. The number of nitrogens with zero attached hydrogens (tertiary/aromatic N) is 1. The van der Waals surface area contributed by atoms with Crippen molar-refractivity contribution >= 4 is 0 Å². The molecule has 0 aromatic carbocycles. The van der Waals surface area contributed by atoms with E-state index in [1.54, 1.807) is 5.57 Å². The lowest BCUT2D eigenvalue weighted by Crippen LogP contribution is -2.64. The van der Waals surface area contributed by atoms with Gasteiger partial charge in [0, 0.05) is 37.1 Å². The Labute approximate surface area is 230 Å². The summed E-state index contributed by atoms with van der Waals surface area (Å²) in [6.07, 6.45) is 15.6. The number of aliphatic hydroxyl groups is 1. The predicted molar refractivity (Wildman–Crippen MR) is 147 cm³/mol. The van der Waals surface area contributed by atoms with Gasteiger partial charge in [-0.25, -0.2) is 0 Å². The zero-order valence-electron chi connectivity index (χ0n) is 24.1. The summed E-state index contributed by atoms with van der Waals surface area (Å²) in [5.41, 5.74) is 3.17. The van der Waals surface area contributed by atoms with Crippen LogP contribution in [0.25, 0.3) is 0 Å². The van der Waals surface area contributed by atoms with Crippen LogP contribution in [0.4, 0.5) is 0 Å². The van der Waals surface area contributed by atoms with Crippen LogP contribution in [-0.2, 0) is 14.2 Å². The zero-order chi connectivity index (χ0) is 25.9. The third-order valence-corrected chi connectivity index (χ3v) is 14.1. The van der Waals surface area contributed by atoms with Crippen LogP contribution in [0.15, 0.2) is 11.6 Å². The van der Waals surface area contributed by atoms with Crippen LogP contribution in [0.3, 0.4) is 0 Å². The molecule has 2 aliphatic heterocycles. The molecule has 8 rings (SSSR count). The highest BCUT2D eigenvalue weighted by atomic mass is 16.5. The van der Waals surface area contributed by atoms with Crippen LogP contribution in [0.2, 0.25) is 0 Å². The lowest BCUT2D eigenvalue weighted by Gasteiger charge is -2.60. The van der Waals surface area contributed by atoms with Gasteiger partial charge >= 0.3 is 0 Å². The van der Waals surface area contributed by atoms with Crippen LogP contribution in [-0.4, -0.2) is 73.4 Å². The van der Waals surface area contributed by atoms with Crippen LogP contribution in [0.5, 0.6) is 0 Å². The minimum atomic E-state index is -0.105. The van der Waals surface area contributed by atoms with Gasteiger partial charge in [-0.1, -0.05) is 25.5 Å². The van der Waals surface area contributed by atoms with Crippen molar-refractivity contribution in [1.29, 1.82) is 0 Å². The summed E-state index contributed by atoms with van der Waals surface area (Å²) in [5.74, 6) is 4.07. The third-order valence-electron chi connectivity index (χ3n) is 14.1. The quantitative estimate of drug-likeness (QED) is 0.365. The van der Waals surface area contributed by atoms with Gasteiger partial charge in [0.15, 0.2) is 0 Å². The second kappa shape index (κ2) is 8.53. The maximum atomic E-state index is 10.4. The molecular weight excluding hydrogens is 474 g/mol. The van der Waals surface area contributed by atoms with Crippen LogP contribution >= 0.6 is 0 Å². The van der Waals surface area contributed by atoms with Crippen LogP contribution in [0.1, 0.15) is 85.0 Å². The Morgan fingerprint density at radius 2 is 1.95 bits per heavy atom. The van der Waals surface area contributed by atoms with Gasteiger partial charge in [-0.3, -0.25) is 4.90 Å². The molecule has 2 saturated heterocycles. The third kappa shape index (κ3) is 3.07. The van der Waals surface area contributed by atoms with Gasteiger partial charge in [0.05, 0.1) is 37.6 Å². The van der Waals surface area contributed by atoms with E-state index in [1.165, 1.54) is 57.9 Å². The average Bonchev–Trinajstić information content (AvgIpc) is 3.37. The molecule has 0 amide bonds. The fourth-order valence-corrected chi connectivity index (χ4v) is 12.7. The molecule has 5 nitrogen and oxygen atoms in total. The van der Waals surface area contributed by atoms with E-state index in [2.05, 4.69) is 24.8 Å². The Balaban J connectivity index is 1.01. The van der Waals surface area contributed by atoms with Crippen molar-refractivity contribution in [2.75, 3.05) is 39.5 Å². The number of hydrogen-bond donors (Lipinski definition) is 1. The molecule has 8 aliphatic rings. The molecule has 1 N–H and O–H groups in total. The molecule has 0 bridgehead atoms. The van der Waals surface area contributed by atoms with Crippen molar-refractivity contribution in [2.24, 2.45) is 45.8 Å². The van der Waals surface area contributed by atoms with E-state index < -0.39 is 0 Å². The van der Waals surface area contributed by atoms with E-state index in [-0.39, 0.29) is 11.7 Å². The number of piperidine rings is 1. The summed E-state index contributed by atoms with van der Waals surface area (Å²) >= 11 is 0. The lowest BCUT2D eigenvalue weighted by molar-refractivity contribution is -0.211. The molecule has 6 aliphatic carbocycles. The average molecular weight is 526 g/mol. The van der Waals surface area contributed by atoms with Crippen molar-refractivity contribution in [2.45, 2.75) is 109 Å². The molecule has 0 aromatic heterocycles. The number of hydrogen-bond acceptors (Lipinski definition) is 5. The van der Waals surface area contributed by atoms with E-state index in [0.717, 1.165) is 56.3 Å². The molecule has 5 saturated carbocycles. The van der Waals surface area contributed by atoms with Crippen molar-refractivity contribution in [3.05, 3.63) is 11.6 Å². The molecule has 3 spiro atoms. The van der Waals surface area contributed by atoms with E-state index in [1.807, 2.05) is 6.92 Å². The van der Waals surface area contributed by atoms with Crippen LogP contribution < -0.4 is 0 Å². The summed E-state index contributed by atoms with van der Waals surface area (Å²) in [4.78, 5) is 2.78. The standard InChI is InChI=1S/C33H51NO4/c1-4-36-13-14-37-12-11-34-19-21(2)15-28-29(34)27-18-32-20-31(32)17-26-24(25(31)8-10-33(27,32)38-28)6-5-22-16-23(35)7-9-30(22,26)3/h5,21,23-29,35H,4,6-20H2,1-3H3/t21-,23-,24-,25-,26-,27+,28+,29-,30-,31?,32?,33?/m0/s1. The number of fused-ring (bicyclic) bond motifs is 6. The van der Waals surface area contributed by atoms with Crippen LogP contribution in [0, 0.1) is 45.8 Å². The summed E-state index contributed by atoms with van der Waals surface area (Å²) < 4.78 is 18.9. The molecule has 0 aromatic rings. The lowest BCUT2D eigenvalue weighted by atomic mass is 9.47. The van der Waals surface area contributed by atoms with Crippen molar-refractivity contribution < 1.29 is 19.3 Å². The molecule has 212 valence electrons. The number of ether oxygens (including phenoxy) is 3. The minimum absolute atomic E-state index is 0.105. The number of rotatable bonds is 7. The number of likely N-dealkylation sites (tertiary alicyclic amines) is 1. The van der Waals surface area contributed by atoms with E-state index in [9.17, 15) is 5.11 Å². The Kier molecular flexibility index (Phi) is 5.67. The molecule has 0 radical (unpaired) electrons. The van der Waals surface area contributed by atoms with Crippen molar-refractivity contribution in [3.63, 3.8) is 0 Å². The predicted octanol–water partition coefficient (Wildman–Crippen LogP) is 5.21. The second-order valence-corrected chi connectivity index (χ2v) is 15.3. The van der Waals surface area contributed by atoms with Gasteiger partial charge in [0.25, 0.3) is 0 Å². The number of aliphatic hydroxyl groups excluding tert-OH is 1.